The Balaban J connectivity index is 3.37. The summed E-state index contributed by atoms with van der Waals surface area (Å²) in [5.74, 6) is 0. The molecule has 0 atom stereocenters. The molecule has 0 saturated heterocycles. The molecule has 0 radical (unpaired) electrons. The summed E-state index contributed by atoms with van der Waals surface area (Å²) in [6.45, 7) is 0.425. The lowest BCUT2D eigenvalue weighted by atomic mass is 10.6. The van der Waals surface area contributed by atoms with Crippen molar-refractivity contribution in [3.05, 3.63) is 16.8 Å². The van der Waals surface area contributed by atoms with Crippen molar-refractivity contribution in [2.45, 2.75) is 0 Å². The molecular weight excluding hydrogens is 198 g/mol. The molecule has 0 fully saturated rings. The maximum Gasteiger partial charge on any atom is 0.407 e. The molecule has 0 saturated carbocycles. The quantitative estimate of drug-likeness (QED) is 0.693. The van der Waals surface area contributed by atoms with Gasteiger partial charge in [-0.2, -0.15) is 0 Å². The van der Waals surface area contributed by atoms with Crippen LogP contribution < -0.4 is 5.32 Å². The minimum absolute atomic E-state index is 0.425. The van der Waals surface area contributed by atoms with Crippen molar-refractivity contribution in [2.24, 2.45) is 0 Å². The topological polar surface area (TPSA) is 38.3 Å². The molecular formula is C6H8BrNO2. The molecule has 0 aliphatic carbocycles. The molecule has 1 N–H and O–H groups in total. The van der Waals surface area contributed by atoms with Crippen LogP contribution >= 0.6 is 15.9 Å². The lowest BCUT2D eigenvalue weighted by Gasteiger charge is -1.96. The van der Waals surface area contributed by atoms with Gasteiger partial charge in [0.1, 0.15) is 0 Å². The van der Waals surface area contributed by atoms with E-state index in [1.807, 2.05) is 0 Å². The average molecular weight is 206 g/mol. The predicted molar refractivity (Wildman–Crippen MR) is 42.0 cm³/mol. The van der Waals surface area contributed by atoms with E-state index in [9.17, 15) is 4.79 Å². The fourth-order valence-corrected chi connectivity index (χ4v) is 0.497. The first kappa shape index (κ1) is 9.27. The van der Waals surface area contributed by atoms with Crippen LogP contribution in [-0.2, 0) is 4.74 Å². The van der Waals surface area contributed by atoms with E-state index in [0.29, 0.717) is 6.54 Å². The first-order valence-corrected chi connectivity index (χ1v) is 3.54. The van der Waals surface area contributed by atoms with Gasteiger partial charge in [0.25, 0.3) is 0 Å². The van der Waals surface area contributed by atoms with E-state index >= 15 is 0 Å². The molecule has 0 bridgehead atoms. The number of rotatable bonds is 2. The fourth-order valence-electron chi connectivity index (χ4n) is 0.310. The maximum atomic E-state index is 10.4. The van der Waals surface area contributed by atoms with Crippen molar-refractivity contribution < 1.29 is 9.53 Å². The lowest BCUT2D eigenvalue weighted by molar-refractivity contribution is 0.172. The Morgan fingerprint density at radius 1 is 1.90 bits per heavy atom. The molecule has 56 valence electrons. The van der Waals surface area contributed by atoms with Crippen LogP contribution in [0.4, 0.5) is 4.79 Å². The van der Waals surface area contributed by atoms with Crippen LogP contribution in [0.5, 0.6) is 0 Å². The third-order valence-electron chi connectivity index (χ3n) is 0.715. The average Bonchev–Trinajstić information content (AvgIpc) is 1.98. The molecule has 0 unspecified atom stereocenters. The highest BCUT2D eigenvalue weighted by Crippen LogP contribution is 1.77. The molecule has 0 rings (SSSR count). The van der Waals surface area contributed by atoms with Crippen LogP contribution in [0.15, 0.2) is 16.8 Å². The second-order valence-electron chi connectivity index (χ2n) is 1.35. The highest BCUT2D eigenvalue weighted by atomic mass is 79.9. The third-order valence-corrected chi connectivity index (χ3v) is 0.979. The van der Waals surface area contributed by atoms with Gasteiger partial charge in [0.05, 0.1) is 7.11 Å². The molecule has 10 heavy (non-hydrogen) atoms. The van der Waals surface area contributed by atoms with E-state index in [0.717, 1.165) is 0 Å². The van der Waals surface area contributed by atoms with Crippen molar-refractivity contribution in [1.29, 1.82) is 0 Å². The zero-order chi connectivity index (χ0) is 7.82. The molecule has 4 heteroatoms. The fraction of sp³-hybridized carbons (Fsp3) is 0.333. The number of amides is 1. The Hall–Kier alpha value is -0.730. The first-order valence-electron chi connectivity index (χ1n) is 2.62. The van der Waals surface area contributed by atoms with Crippen LogP contribution in [0, 0.1) is 0 Å². The molecule has 0 aliphatic rings. The van der Waals surface area contributed by atoms with Gasteiger partial charge >= 0.3 is 6.09 Å². The number of alkyl carbamates (subject to hydrolysis) is 1. The van der Waals surface area contributed by atoms with Crippen molar-refractivity contribution in [1.82, 2.24) is 5.32 Å². The van der Waals surface area contributed by atoms with Gasteiger partial charge in [-0.1, -0.05) is 15.9 Å². The smallest absolute Gasteiger partial charge is 0.407 e. The highest BCUT2D eigenvalue weighted by Gasteiger charge is 1.91. The summed E-state index contributed by atoms with van der Waals surface area (Å²) in [5.41, 5.74) is 2.72. The number of hydrogen-bond acceptors (Lipinski definition) is 2. The summed E-state index contributed by atoms with van der Waals surface area (Å²) in [6, 6.07) is 0. The normalized spacial score (nSPS) is 7.40. The molecule has 1 amide bonds. The van der Waals surface area contributed by atoms with Gasteiger partial charge in [-0.05, 0) is 6.08 Å². The standard InChI is InChI=1S/C6H8BrNO2/c1-10-6(9)8-5-3-2-4-7/h3-4H,5H2,1H3,(H,8,9). The zero-order valence-corrected chi connectivity index (χ0v) is 7.14. The van der Waals surface area contributed by atoms with Gasteiger partial charge in [0.2, 0.25) is 0 Å². The van der Waals surface area contributed by atoms with Crippen LogP contribution in [0.2, 0.25) is 0 Å². The van der Waals surface area contributed by atoms with E-state index in [2.05, 4.69) is 31.7 Å². The summed E-state index contributed by atoms with van der Waals surface area (Å²) >= 11 is 3.02. The summed E-state index contributed by atoms with van der Waals surface area (Å²) in [4.78, 5) is 11.9. The summed E-state index contributed by atoms with van der Waals surface area (Å²) < 4.78 is 4.31. The number of ether oxygens (including phenoxy) is 1. The molecule has 0 aromatic carbocycles. The van der Waals surface area contributed by atoms with Crippen LogP contribution in [-0.4, -0.2) is 19.7 Å². The summed E-state index contributed by atoms with van der Waals surface area (Å²) in [6.07, 6.45) is 1.22. The van der Waals surface area contributed by atoms with Crippen LogP contribution in [0.3, 0.4) is 0 Å². The monoisotopic (exact) mass is 205 g/mol. The number of methoxy groups -OCH3 is 1. The number of carbonyl (C=O) groups excluding carboxylic acids is 1. The minimum atomic E-state index is -0.437. The number of hydrogen-bond donors (Lipinski definition) is 1. The van der Waals surface area contributed by atoms with Crippen molar-refractivity contribution in [3.63, 3.8) is 0 Å². The molecule has 0 spiro atoms. The molecule has 0 heterocycles. The van der Waals surface area contributed by atoms with Crippen LogP contribution in [0.1, 0.15) is 0 Å². The third kappa shape index (κ3) is 5.41. The summed E-state index contributed by atoms with van der Waals surface area (Å²) in [5, 5.41) is 2.45. The number of halogens is 1. The largest absolute Gasteiger partial charge is 0.453 e. The Kier molecular flexibility index (Phi) is 5.92. The van der Waals surface area contributed by atoms with E-state index in [1.165, 1.54) is 7.11 Å². The van der Waals surface area contributed by atoms with E-state index in [4.69, 9.17) is 0 Å². The molecule has 0 aliphatic heterocycles. The number of nitrogens with one attached hydrogen (secondary N) is 1. The van der Waals surface area contributed by atoms with Gasteiger partial charge in [-0.3, -0.25) is 0 Å². The van der Waals surface area contributed by atoms with Crippen molar-refractivity contribution >= 4 is 22.0 Å². The van der Waals surface area contributed by atoms with Crippen molar-refractivity contribution in [3.8, 4) is 0 Å². The van der Waals surface area contributed by atoms with Gasteiger partial charge in [0.15, 0.2) is 0 Å². The maximum absolute atomic E-state index is 10.4. The van der Waals surface area contributed by atoms with Crippen LogP contribution in [0.25, 0.3) is 0 Å². The zero-order valence-electron chi connectivity index (χ0n) is 5.56. The molecule has 0 aromatic heterocycles. The minimum Gasteiger partial charge on any atom is -0.453 e. The first-order chi connectivity index (χ1) is 4.81. The van der Waals surface area contributed by atoms with E-state index < -0.39 is 6.09 Å². The summed E-state index contributed by atoms with van der Waals surface area (Å²) in [7, 11) is 1.32. The Morgan fingerprint density at radius 3 is 3.10 bits per heavy atom. The second-order valence-corrected chi connectivity index (χ2v) is 1.81. The number of carbonyl (C=O) groups is 1. The SMILES string of the molecule is COC(=O)NCC=C=CBr. The van der Waals surface area contributed by atoms with E-state index in [1.54, 1.807) is 11.1 Å². The van der Waals surface area contributed by atoms with Gasteiger partial charge < -0.3 is 10.1 Å². The highest BCUT2D eigenvalue weighted by molar-refractivity contribution is 9.11. The Bertz CT molecular complexity index is 159. The Morgan fingerprint density at radius 2 is 2.60 bits per heavy atom. The lowest BCUT2D eigenvalue weighted by Crippen LogP contribution is -2.22. The Labute approximate surface area is 67.9 Å². The van der Waals surface area contributed by atoms with Crippen molar-refractivity contribution in [2.75, 3.05) is 13.7 Å². The van der Waals surface area contributed by atoms with Gasteiger partial charge in [-0.15, -0.1) is 5.73 Å². The second kappa shape index (κ2) is 6.39. The van der Waals surface area contributed by atoms with E-state index in [-0.39, 0.29) is 0 Å². The van der Waals surface area contributed by atoms with Gasteiger partial charge in [-0.25, -0.2) is 4.79 Å². The predicted octanol–water partition coefficient (Wildman–Crippen LogP) is 1.41. The molecule has 3 nitrogen and oxygen atoms in total. The molecule has 0 aromatic rings. The van der Waals surface area contributed by atoms with Gasteiger partial charge in [0, 0.05) is 11.5 Å².